The minimum absolute atomic E-state index is 0.236. The second kappa shape index (κ2) is 4.29. The van der Waals surface area contributed by atoms with Crippen molar-refractivity contribution >= 4 is 29.1 Å². The topological polar surface area (TPSA) is 80.5 Å². The van der Waals surface area contributed by atoms with Gasteiger partial charge in [-0.05, 0) is 11.6 Å². The van der Waals surface area contributed by atoms with E-state index in [0.29, 0.717) is 5.65 Å². The van der Waals surface area contributed by atoms with Gasteiger partial charge in [-0.15, -0.1) is 0 Å². The lowest BCUT2D eigenvalue weighted by Crippen LogP contribution is -1.96. The number of aromatic nitrogens is 4. The second-order valence-electron chi connectivity index (χ2n) is 3.84. The highest BCUT2D eigenvalue weighted by Crippen LogP contribution is 2.16. The van der Waals surface area contributed by atoms with Gasteiger partial charge in [0.15, 0.2) is 5.65 Å². The summed E-state index contributed by atoms with van der Waals surface area (Å²) in [5.74, 6) is 0.236. The number of H-pyrrole nitrogens is 1. The molecule has 1 aromatic carbocycles. The van der Waals surface area contributed by atoms with Crippen LogP contribution in [0.5, 0.6) is 0 Å². The summed E-state index contributed by atoms with van der Waals surface area (Å²) in [7, 11) is 0. The fourth-order valence-corrected chi connectivity index (χ4v) is 1.74. The van der Waals surface area contributed by atoms with Crippen LogP contribution < -0.4 is 5.73 Å². The Morgan fingerprint density at radius 1 is 1.06 bits per heavy atom. The van der Waals surface area contributed by atoms with Crippen molar-refractivity contribution in [2.24, 2.45) is 0 Å². The molecule has 3 N–H and O–H groups in total. The number of aromatic amines is 1. The number of benzene rings is 1. The van der Waals surface area contributed by atoms with E-state index < -0.39 is 0 Å². The van der Waals surface area contributed by atoms with Crippen LogP contribution in [0.3, 0.4) is 0 Å². The van der Waals surface area contributed by atoms with E-state index in [2.05, 4.69) is 20.2 Å². The van der Waals surface area contributed by atoms with Gasteiger partial charge in [0.2, 0.25) is 5.95 Å². The van der Waals surface area contributed by atoms with E-state index in [9.17, 15) is 0 Å². The third-order valence-electron chi connectivity index (χ3n) is 2.59. The van der Waals surface area contributed by atoms with Crippen molar-refractivity contribution in [3.63, 3.8) is 0 Å². The van der Waals surface area contributed by atoms with Gasteiger partial charge in [0.05, 0.1) is 17.3 Å². The van der Waals surface area contributed by atoms with Gasteiger partial charge in [0, 0.05) is 0 Å². The largest absolute Gasteiger partial charge is 0.368 e. The quantitative estimate of drug-likeness (QED) is 0.715. The van der Waals surface area contributed by atoms with Crippen LogP contribution in [0.2, 0.25) is 0 Å². The monoisotopic (exact) mass is 237 g/mol. The van der Waals surface area contributed by atoms with Crippen LogP contribution in [-0.2, 0) is 0 Å². The van der Waals surface area contributed by atoms with Gasteiger partial charge in [-0.2, -0.15) is 10.1 Å². The summed E-state index contributed by atoms with van der Waals surface area (Å²) in [4.78, 5) is 8.27. The average molecular weight is 237 g/mol. The molecule has 3 aromatic rings. The zero-order valence-electron chi connectivity index (χ0n) is 9.54. The Morgan fingerprint density at radius 3 is 2.72 bits per heavy atom. The predicted molar refractivity (Wildman–Crippen MR) is 71.5 cm³/mol. The minimum Gasteiger partial charge on any atom is -0.368 e. The summed E-state index contributed by atoms with van der Waals surface area (Å²) in [5.41, 5.74) is 8.16. The van der Waals surface area contributed by atoms with Crippen molar-refractivity contribution in [2.45, 2.75) is 0 Å². The predicted octanol–water partition coefficient (Wildman–Crippen LogP) is 2.11. The zero-order valence-corrected chi connectivity index (χ0v) is 9.54. The molecule has 0 aliphatic heterocycles. The van der Waals surface area contributed by atoms with Crippen LogP contribution in [0.4, 0.5) is 5.95 Å². The highest BCUT2D eigenvalue weighted by atomic mass is 15.2. The number of nitrogens with zero attached hydrogens (tertiary/aromatic N) is 3. The average Bonchev–Trinajstić information content (AvgIpc) is 2.85. The molecule has 3 rings (SSSR count). The number of rotatable bonds is 2. The molecule has 0 bridgehead atoms. The lowest BCUT2D eigenvalue weighted by Gasteiger charge is -1.97. The lowest BCUT2D eigenvalue weighted by molar-refractivity contribution is 1.09. The van der Waals surface area contributed by atoms with Gasteiger partial charge >= 0.3 is 0 Å². The Hall–Kier alpha value is -2.69. The highest BCUT2D eigenvalue weighted by molar-refractivity contribution is 5.87. The van der Waals surface area contributed by atoms with E-state index in [0.717, 1.165) is 16.6 Å². The molecule has 88 valence electrons. The van der Waals surface area contributed by atoms with Gasteiger partial charge < -0.3 is 5.73 Å². The Kier molecular flexibility index (Phi) is 2.49. The fourth-order valence-electron chi connectivity index (χ4n) is 1.74. The first kappa shape index (κ1) is 10.5. The van der Waals surface area contributed by atoms with Crippen molar-refractivity contribution in [3.8, 4) is 0 Å². The van der Waals surface area contributed by atoms with Crippen molar-refractivity contribution in [1.29, 1.82) is 0 Å². The van der Waals surface area contributed by atoms with Crippen LogP contribution in [-0.4, -0.2) is 20.2 Å². The first-order valence-corrected chi connectivity index (χ1v) is 5.52. The molecule has 0 amide bonds. The van der Waals surface area contributed by atoms with Crippen molar-refractivity contribution < 1.29 is 0 Å². The van der Waals surface area contributed by atoms with Crippen molar-refractivity contribution in [2.75, 3.05) is 5.73 Å². The van der Waals surface area contributed by atoms with Crippen LogP contribution >= 0.6 is 0 Å². The Bertz CT molecular complexity index is 700. The van der Waals surface area contributed by atoms with Gasteiger partial charge in [-0.25, -0.2) is 4.98 Å². The van der Waals surface area contributed by atoms with Gasteiger partial charge in [0.1, 0.15) is 0 Å². The lowest BCUT2D eigenvalue weighted by atomic mass is 10.2. The summed E-state index contributed by atoms with van der Waals surface area (Å²) >= 11 is 0. The van der Waals surface area contributed by atoms with E-state index in [-0.39, 0.29) is 5.95 Å². The Morgan fingerprint density at radius 2 is 1.89 bits per heavy atom. The van der Waals surface area contributed by atoms with E-state index in [1.54, 1.807) is 6.20 Å². The molecule has 0 saturated heterocycles. The Balaban J connectivity index is 2.04. The van der Waals surface area contributed by atoms with Gasteiger partial charge in [-0.3, -0.25) is 5.10 Å². The highest BCUT2D eigenvalue weighted by Gasteiger charge is 2.04. The molecule has 0 spiro atoms. The summed E-state index contributed by atoms with van der Waals surface area (Å²) in [6, 6.07) is 10.00. The molecule has 5 heteroatoms. The number of nitrogens with one attached hydrogen (secondary N) is 1. The maximum Gasteiger partial charge on any atom is 0.222 e. The van der Waals surface area contributed by atoms with Crippen molar-refractivity contribution in [1.82, 2.24) is 20.2 Å². The van der Waals surface area contributed by atoms with Crippen LogP contribution in [0.15, 0.2) is 36.5 Å². The normalized spacial score (nSPS) is 11.3. The minimum atomic E-state index is 0.236. The molecule has 5 nitrogen and oxygen atoms in total. The molecule has 18 heavy (non-hydrogen) atoms. The van der Waals surface area contributed by atoms with E-state index in [1.165, 1.54) is 0 Å². The summed E-state index contributed by atoms with van der Waals surface area (Å²) in [6.45, 7) is 0. The number of hydrogen-bond donors (Lipinski definition) is 2. The SMILES string of the molecule is Nc1nc(C=Cc2ccccc2)c2cn[nH]c2n1. The summed E-state index contributed by atoms with van der Waals surface area (Å²) in [6.07, 6.45) is 5.58. The Labute approximate surface area is 103 Å². The molecule has 2 heterocycles. The smallest absolute Gasteiger partial charge is 0.222 e. The maximum atomic E-state index is 5.65. The zero-order chi connectivity index (χ0) is 12.4. The third-order valence-corrected chi connectivity index (χ3v) is 2.59. The van der Waals surface area contributed by atoms with Gasteiger partial charge in [0.25, 0.3) is 0 Å². The standard InChI is InChI=1S/C13H11N5/c14-13-16-11(10-8-15-18-12(10)17-13)7-6-9-4-2-1-3-5-9/h1-8H,(H3,14,15,16,17,18). The molecule has 0 aliphatic carbocycles. The number of nitrogen functional groups attached to an aromatic ring is 1. The maximum absolute atomic E-state index is 5.65. The first-order chi connectivity index (χ1) is 8.83. The first-order valence-electron chi connectivity index (χ1n) is 5.52. The number of fused-ring (bicyclic) bond motifs is 1. The molecule has 0 fully saturated rings. The van der Waals surface area contributed by atoms with E-state index in [4.69, 9.17) is 5.73 Å². The molecule has 0 unspecified atom stereocenters. The van der Waals surface area contributed by atoms with E-state index in [1.807, 2.05) is 42.5 Å². The molecular weight excluding hydrogens is 226 g/mol. The number of nitrogens with two attached hydrogens (primary N) is 1. The molecule has 2 aromatic heterocycles. The van der Waals surface area contributed by atoms with Crippen LogP contribution in [0.1, 0.15) is 11.3 Å². The van der Waals surface area contributed by atoms with Crippen LogP contribution in [0, 0.1) is 0 Å². The van der Waals surface area contributed by atoms with E-state index >= 15 is 0 Å². The molecule has 0 aliphatic rings. The summed E-state index contributed by atoms with van der Waals surface area (Å²) < 4.78 is 0. The molecule has 0 radical (unpaired) electrons. The molecule has 0 atom stereocenters. The third kappa shape index (κ3) is 1.93. The van der Waals surface area contributed by atoms with Crippen molar-refractivity contribution in [3.05, 3.63) is 47.8 Å². The molecular formula is C13H11N5. The van der Waals surface area contributed by atoms with Crippen LogP contribution in [0.25, 0.3) is 23.2 Å². The number of anilines is 1. The number of hydrogen-bond acceptors (Lipinski definition) is 4. The fraction of sp³-hybridized carbons (Fsp3) is 0. The van der Waals surface area contributed by atoms with Gasteiger partial charge in [-0.1, -0.05) is 36.4 Å². The molecule has 0 saturated carbocycles. The second-order valence-corrected chi connectivity index (χ2v) is 3.84. The summed E-state index contributed by atoms with van der Waals surface area (Å²) in [5, 5.41) is 7.58.